The van der Waals surface area contributed by atoms with Gasteiger partial charge in [-0.15, -0.1) is 11.3 Å². The van der Waals surface area contributed by atoms with Gasteiger partial charge in [-0.1, -0.05) is 24.3 Å². The second kappa shape index (κ2) is 7.35. The highest BCUT2D eigenvalue weighted by Crippen LogP contribution is 2.36. The van der Waals surface area contributed by atoms with Gasteiger partial charge in [0.05, 0.1) is 19.4 Å². The van der Waals surface area contributed by atoms with Crippen molar-refractivity contribution in [2.24, 2.45) is 0 Å². The van der Waals surface area contributed by atoms with Gasteiger partial charge in [0, 0.05) is 16.2 Å². The van der Waals surface area contributed by atoms with Gasteiger partial charge in [0.2, 0.25) is 0 Å². The Kier molecular flexibility index (Phi) is 5.15. The van der Waals surface area contributed by atoms with Crippen LogP contribution >= 0.6 is 11.3 Å². The smallest absolute Gasteiger partial charge is 0.349 e. The number of methoxy groups -OCH3 is 1. The summed E-state index contributed by atoms with van der Waals surface area (Å²) in [6, 6.07) is 13.5. The summed E-state index contributed by atoms with van der Waals surface area (Å²) in [4.78, 5) is 12.3. The van der Waals surface area contributed by atoms with Gasteiger partial charge in [0.15, 0.2) is 0 Å². The summed E-state index contributed by atoms with van der Waals surface area (Å²) in [5, 5.41) is 0.482. The predicted molar refractivity (Wildman–Crippen MR) is 102 cm³/mol. The number of carbonyl (C=O) groups is 1. The van der Waals surface area contributed by atoms with Gasteiger partial charge in [-0.25, -0.2) is 13.2 Å². The monoisotopic (exact) mass is 391 g/mol. The molecule has 0 radical (unpaired) electrons. The standard InChI is InChI=1S/C18H17NO5S2/c1-3-24-18(20)16-17(14-9-4-5-10-15(14)25-16)26(21,22)19-12-7-6-8-13(11-12)23-2/h4-11,19H,3H2,1-2H3. The van der Waals surface area contributed by atoms with E-state index in [4.69, 9.17) is 9.47 Å². The van der Waals surface area contributed by atoms with Crippen molar-refractivity contribution < 1.29 is 22.7 Å². The number of hydrogen-bond donors (Lipinski definition) is 1. The molecule has 0 aliphatic heterocycles. The first-order valence-corrected chi connectivity index (χ1v) is 10.1. The maximum Gasteiger partial charge on any atom is 0.349 e. The maximum atomic E-state index is 13.1. The van der Waals surface area contributed by atoms with Crippen LogP contribution in [0.3, 0.4) is 0 Å². The van der Waals surface area contributed by atoms with Gasteiger partial charge >= 0.3 is 5.97 Å². The van der Waals surface area contributed by atoms with E-state index in [9.17, 15) is 13.2 Å². The molecule has 2 aromatic carbocycles. The molecule has 136 valence electrons. The van der Waals surface area contributed by atoms with Crippen molar-refractivity contribution in [1.82, 2.24) is 0 Å². The molecule has 0 saturated carbocycles. The predicted octanol–water partition coefficient (Wildman–Crippen LogP) is 3.89. The molecule has 0 saturated heterocycles. The average Bonchev–Trinajstić information content (AvgIpc) is 3.02. The van der Waals surface area contributed by atoms with Gasteiger partial charge in [-0.2, -0.15) is 0 Å². The molecule has 6 nitrogen and oxygen atoms in total. The lowest BCUT2D eigenvalue weighted by Crippen LogP contribution is -2.16. The zero-order valence-electron chi connectivity index (χ0n) is 14.2. The highest BCUT2D eigenvalue weighted by atomic mass is 32.2. The van der Waals surface area contributed by atoms with Crippen molar-refractivity contribution in [1.29, 1.82) is 0 Å². The van der Waals surface area contributed by atoms with Crippen LogP contribution in [0.5, 0.6) is 5.75 Å². The minimum Gasteiger partial charge on any atom is -0.497 e. The number of rotatable bonds is 6. The van der Waals surface area contributed by atoms with E-state index in [-0.39, 0.29) is 16.4 Å². The van der Waals surface area contributed by atoms with E-state index in [1.807, 2.05) is 0 Å². The van der Waals surface area contributed by atoms with Gasteiger partial charge in [-0.05, 0) is 25.1 Å². The van der Waals surface area contributed by atoms with E-state index in [2.05, 4.69) is 4.72 Å². The van der Waals surface area contributed by atoms with Crippen molar-refractivity contribution in [3.63, 3.8) is 0 Å². The first-order chi connectivity index (χ1) is 12.5. The quantitative estimate of drug-likeness (QED) is 0.645. The van der Waals surface area contributed by atoms with Crippen LogP contribution in [0.25, 0.3) is 10.1 Å². The fraction of sp³-hybridized carbons (Fsp3) is 0.167. The van der Waals surface area contributed by atoms with E-state index < -0.39 is 16.0 Å². The number of anilines is 1. The zero-order valence-corrected chi connectivity index (χ0v) is 15.8. The summed E-state index contributed by atoms with van der Waals surface area (Å²) in [5.74, 6) is -0.134. The van der Waals surface area contributed by atoms with Crippen molar-refractivity contribution in [2.45, 2.75) is 11.8 Å². The summed E-state index contributed by atoms with van der Waals surface area (Å²) in [7, 11) is -2.51. The third kappa shape index (κ3) is 3.51. The van der Waals surface area contributed by atoms with Gasteiger partial charge in [0.25, 0.3) is 10.0 Å². The van der Waals surface area contributed by atoms with E-state index in [1.54, 1.807) is 55.5 Å². The molecular formula is C18H17NO5S2. The molecule has 3 rings (SSSR count). The Hall–Kier alpha value is -2.58. The number of carbonyl (C=O) groups excluding carboxylic acids is 1. The minimum atomic E-state index is -4.01. The number of fused-ring (bicyclic) bond motifs is 1. The van der Waals surface area contributed by atoms with Crippen molar-refractivity contribution >= 4 is 43.1 Å². The molecule has 0 aliphatic carbocycles. The Morgan fingerprint density at radius 2 is 1.92 bits per heavy atom. The number of ether oxygens (including phenoxy) is 2. The Balaban J connectivity index is 2.12. The molecule has 3 aromatic rings. The van der Waals surface area contributed by atoms with Crippen molar-refractivity contribution in [2.75, 3.05) is 18.4 Å². The highest BCUT2D eigenvalue weighted by molar-refractivity contribution is 7.93. The summed E-state index contributed by atoms with van der Waals surface area (Å²) in [6.45, 7) is 1.84. The summed E-state index contributed by atoms with van der Waals surface area (Å²) < 4.78 is 39.5. The number of sulfonamides is 1. The molecular weight excluding hydrogens is 374 g/mol. The average molecular weight is 391 g/mol. The molecule has 0 unspecified atom stereocenters. The summed E-state index contributed by atoms with van der Waals surface area (Å²) >= 11 is 1.10. The Morgan fingerprint density at radius 1 is 1.15 bits per heavy atom. The third-order valence-electron chi connectivity index (χ3n) is 3.60. The van der Waals surface area contributed by atoms with E-state index in [0.29, 0.717) is 21.5 Å². The van der Waals surface area contributed by atoms with Gasteiger partial charge in [-0.3, -0.25) is 4.72 Å². The summed E-state index contributed by atoms with van der Waals surface area (Å²) in [6.07, 6.45) is 0. The van der Waals surface area contributed by atoms with Crippen LogP contribution in [0.1, 0.15) is 16.6 Å². The molecule has 0 aliphatic rings. The number of hydrogen-bond acceptors (Lipinski definition) is 6. The number of thiophene rings is 1. The molecule has 8 heteroatoms. The van der Waals surface area contributed by atoms with Crippen LogP contribution in [-0.2, 0) is 14.8 Å². The van der Waals surface area contributed by atoms with Crippen LogP contribution in [-0.4, -0.2) is 28.1 Å². The highest BCUT2D eigenvalue weighted by Gasteiger charge is 2.29. The lowest BCUT2D eigenvalue weighted by atomic mass is 10.2. The fourth-order valence-electron chi connectivity index (χ4n) is 2.51. The maximum absolute atomic E-state index is 13.1. The topological polar surface area (TPSA) is 81.7 Å². The molecule has 1 heterocycles. The van der Waals surface area contributed by atoms with Crippen LogP contribution in [0.4, 0.5) is 5.69 Å². The molecule has 1 aromatic heterocycles. The first kappa shape index (κ1) is 18.2. The normalized spacial score (nSPS) is 11.3. The Labute approximate surface area is 155 Å². The van der Waals surface area contributed by atoms with Crippen molar-refractivity contribution in [3.05, 3.63) is 53.4 Å². The van der Waals surface area contributed by atoms with Crippen LogP contribution < -0.4 is 9.46 Å². The lowest BCUT2D eigenvalue weighted by Gasteiger charge is -2.10. The van der Waals surface area contributed by atoms with E-state index in [1.165, 1.54) is 7.11 Å². The molecule has 0 spiro atoms. The third-order valence-corrected chi connectivity index (χ3v) is 6.35. The van der Waals surface area contributed by atoms with E-state index >= 15 is 0 Å². The molecule has 0 bridgehead atoms. The van der Waals surface area contributed by atoms with Crippen LogP contribution in [0.2, 0.25) is 0 Å². The zero-order chi connectivity index (χ0) is 18.7. The van der Waals surface area contributed by atoms with Crippen LogP contribution in [0.15, 0.2) is 53.4 Å². The second-order valence-corrected chi connectivity index (χ2v) is 7.99. The number of esters is 1. The second-order valence-electron chi connectivity index (χ2n) is 5.31. The minimum absolute atomic E-state index is 0.0587. The molecule has 1 N–H and O–H groups in total. The Bertz CT molecular complexity index is 1060. The van der Waals surface area contributed by atoms with Gasteiger partial charge in [0.1, 0.15) is 15.5 Å². The lowest BCUT2D eigenvalue weighted by molar-refractivity contribution is 0.0528. The SMILES string of the molecule is CCOC(=O)c1sc2ccccc2c1S(=O)(=O)Nc1cccc(OC)c1. The van der Waals surface area contributed by atoms with Crippen molar-refractivity contribution in [3.8, 4) is 5.75 Å². The number of benzene rings is 2. The van der Waals surface area contributed by atoms with Crippen LogP contribution in [0, 0.1) is 0 Å². The molecule has 26 heavy (non-hydrogen) atoms. The number of nitrogens with one attached hydrogen (secondary N) is 1. The van der Waals surface area contributed by atoms with Gasteiger partial charge < -0.3 is 9.47 Å². The Morgan fingerprint density at radius 3 is 2.65 bits per heavy atom. The fourth-order valence-corrected chi connectivity index (χ4v) is 5.36. The molecule has 0 fully saturated rings. The molecule has 0 amide bonds. The van der Waals surface area contributed by atoms with E-state index in [0.717, 1.165) is 11.3 Å². The first-order valence-electron chi connectivity index (χ1n) is 7.81. The largest absolute Gasteiger partial charge is 0.497 e. The molecule has 0 atom stereocenters. The summed E-state index contributed by atoms with van der Waals surface area (Å²) in [5.41, 5.74) is 0.342.